The summed E-state index contributed by atoms with van der Waals surface area (Å²) in [5, 5.41) is 3.42. The third-order valence-corrected chi connectivity index (χ3v) is 8.96. The zero-order chi connectivity index (χ0) is 28.6. The number of benzene rings is 3. The number of hydrogen-bond acceptors (Lipinski definition) is 4. The number of amides is 2. The Hall–Kier alpha value is -2.72. The van der Waals surface area contributed by atoms with E-state index in [1.807, 2.05) is 68.4 Å². The van der Waals surface area contributed by atoms with Crippen molar-refractivity contribution in [3.8, 4) is 0 Å². The van der Waals surface area contributed by atoms with Crippen molar-refractivity contribution >= 4 is 49.4 Å². The highest BCUT2D eigenvalue weighted by atomic mass is 79.9. The lowest BCUT2D eigenvalue weighted by molar-refractivity contribution is -0.141. The quantitative estimate of drug-likeness (QED) is 0.294. The summed E-state index contributed by atoms with van der Waals surface area (Å²) < 4.78 is 28.3. The number of carbonyl (C=O) groups excluding carboxylic acids is 2. The summed E-state index contributed by atoms with van der Waals surface area (Å²) in [6.07, 6.45) is 1.00. The van der Waals surface area contributed by atoms with Crippen molar-refractivity contribution in [3.63, 3.8) is 0 Å². The second-order valence-corrected chi connectivity index (χ2v) is 12.8. The van der Waals surface area contributed by atoms with Gasteiger partial charge in [-0.05, 0) is 60.9 Å². The zero-order valence-corrected chi connectivity index (χ0v) is 25.3. The van der Waals surface area contributed by atoms with Gasteiger partial charge in [0.1, 0.15) is 6.04 Å². The molecule has 0 unspecified atom stereocenters. The fourth-order valence-electron chi connectivity index (χ4n) is 3.98. The van der Waals surface area contributed by atoms with E-state index in [1.54, 1.807) is 0 Å². The minimum absolute atomic E-state index is 0.0242. The molecule has 0 aliphatic carbocycles. The van der Waals surface area contributed by atoms with Crippen LogP contribution in [0.4, 0.5) is 0 Å². The fourth-order valence-corrected chi connectivity index (χ4v) is 5.67. The van der Waals surface area contributed by atoms with Gasteiger partial charge in [0, 0.05) is 35.6 Å². The smallest absolute Gasteiger partial charge is 0.243 e. The molecule has 2 amide bonds. The maximum absolute atomic E-state index is 13.9. The molecule has 0 fully saturated rings. The molecule has 0 saturated carbocycles. The van der Waals surface area contributed by atoms with Crippen LogP contribution in [0.5, 0.6) is 0 Å². The molecule has 7 nitrogen and oxygen atoms in total. The summed E-state index contributed by atoms with van der Waals surface area (Å²) >= 11 is 9.39. The maximum atomic E-state index is 13.9. The lowest BCUT2D eigenvalue weighted by Gasteiger charge is -2.33. The van der Waals surface area contributed by atoms with Crippen LogP contribution in [0.2, 0.25) is 5.02 Å². The van der Waals surface area contributed by atoms with Gasteiger partial charge in [0.15, 0.2) is 0 Å². The number of halogens is 2. The summed E-state index contributed by atoms with van der Waals surface area (Å²) in [6.45, 7) is 3.56. The molecule has 3 aromatic rings. The minimum atomic E-state index is -3.97. The molecular weight excluding hydrogens is 602 g/mol. The van der Waals surface area contributed by atoms with E-state index in [0.717, 1.165) is 26.3 Å². The van der Waals surface area contributed by atoms with Gasteiger partial charge in [-0.25, -0.2) is 8.42 Å². The maximum Gasteiger partial charge on any atom is 0.243 e. The zero-order valence-electron chi connectivity index (χ0n) is 22.2. The van der Waals surface area contributed by atoms with Gasteiger partial charge in [-0.2, -0.15) is 4.31 Å². The normalized spacial score (nSPS) is 13.1. The molecule has 0 bridgehead atoms. The highest BCUT2D eigenvalue weighted by Gasteiger charge is 2.33. The van der Waals surface area contributed by atoms with Gasteiger partial charge in [0.25, 0.3) is 0 Å². The first-order valence-electron chi connectivity index (χ1n) is 12.6. The second kappa shape index (κ2) is 14.1. The van der Waals surface area contributed by atoms with E-state index in [2.05, 4.69) is 21.2 Å². The van der Waals surface area contributed by atoms with Crippen molar-refractivity contribution in [1.82, 2.24) is 14.5 Å². The van der Waals surface area contributed by atoms with E-state index in [0.29, 0.717) is 5.02 Å². The Kier molecular flexibility index (Phi) is 11.1. The molecule has 0 aliphatic rings. The lowest BCUT2D eigenvalue weighted by atomic mass is 10.0. The highest BCUT2D eigenvalue weighted by Crippen LogP contribution is 2.21. The Morgan fingerprint density at radius 1 is 0.974 bits per heavy atom. The monoisotopic (exact) mass is 633 g/mol. The Balaban J connectivity index is 1.98. The number of sulfonamides is 1. The molecule has 3 rings (SSSR count). The molecular formula is C29H33BrClN3O4S. The van der Waals surface area contributed by atoms with Gasteiger partial charge < -0.3 is 10.2 Å². The number of hydrogen-bond donors (Lipinski definition) is 1. The van der Waals surface area contributed by atoms with Crippen molar-refractivity contribution in [3.05, 3.63) is 99.5 Å². The van der Waals surface area contributed by atoms with E-state index in [9.17, 15) is 18.0 Å². The van der Waals surface area contributed by atoms with Crippen molar-refractivity contribution in [2.45, 2.75) is 50.2 Å². The van der Waals surface area contributed by atoms with E-state index in [-0.39, 0.29) is 29.8 Å². The summed E-state index contributed by atoms with van der Waals surface area (Å²) in [5.41, 5.74) is 1.69. The molecule has 3 aromatic carbocycles. The molecule has 208 valence electrons. The summed E-state index contributed by atoms with van der Waals surface area (Å²) in [5.74, 6) is -0.782. The summed E-state index contributed by atoms with van der Waals surface area (Å²) in [4.78, 5) is 29.0. The third-order valence-electron chi connectivity index (χ3n) is 6.39. The molecule has 10 heteroatoms. The van der Waals surface area contributed by atoms with Crippen molar-refractivity contribution in [1.29, 1.82) is 0 Å². The first kappa shape index (κ1) is 30.8. The third kappa shape index (κ3) is 8.63. The molecule has 0 spiro atoms. The van der Waals surface area contributed by atoms with Crippen LogP contribution in [-0.2, 0) is 32.6 Å². The van der Waals surface area contributed by atoms with Crippen molar-refractivity contribution in [2.75, 3.05) is 13.6 Å². The molecule has 0 saturated heterocycles. The Morgan fingerprint density at radius 2 is 1.62 bits per heavy atom. The standard InChI is InChI=1S/C29H33BrClN3O4S/c1-4-21(2)32-29(36)27(18-22-9-6-5-7-10-22)34(19-23-11-8-12-24(30)17-23)28(35)20-33(3)39(37,38)26-15-13-25(31)14-16-26/h5-17,21,27H,4,18-20H2,1-3H3,(H,32,36)/t21-,27+/m1/s1. The van der Waals surface area contributed by atoms with Gasteiger partial charge in [-0.15, -0.1) is 0 Å². The van der Waals surface area contributed by atoms with E-state index < -0.39 is 28.5 Å². The number of nitrogens with zero attached hydrogens (tertiary/aromatic N) is 2. The SMILES string of the molecule is CC[C@@H](C)NC(=O)[C@H](Cc1ccccc1)N(Cc1cccc(Br)c1)C(=O)CN(C)S(=O)(=O)c1ccc(Cl)cc1. The van der Waals surface area contributed by atoms with Crippen LogP contribution in [0.1, 0.15) is 31.4 Å². The largest absolute Gasteiger partial charge is 0.352 e. The first-order valence-corrected chi connectivity index (χ1v) is 15.2. The van der Waals surface area contributed by atoms with Crippen LogP contribution in [-0.4, -0.2) is 55.1 Å². The van der Waals surface area contributed by atoms with Crippen LogP contribution in [0.25, 0.3) is 0 Å². The molecule has 0 aromatic heterocycles. The van der Waals surface area contributed by atoms with Crippen LogP contribution in [0.15, 0.2) is 88.2 Å². The second-order valence-electron chi connectivity index (χ2n) is 9.39. The summed E-state index contributed by atoms with van der Waals surface area (Å²) in [6, 6.07) is 21.7. The molecule has 0 heterocycles. The predicted molar refractivity (Wildman–Crippen MR) is 158 cm³/mol. The van der Waals surface area contributed by atoms with Gasteiger partial charge >= 0.3 is 0 Å². The van der Waals surface area contributed by atoms with E-state index >= 15 is 0 Å². The van der Waals surface area contributed by atoms with E-state index in [1.165, 1.54) is 36.2 Å². The number of rotatable bonds is 12. The van der Waals surface area contributed by atoms with Crippen LogP contribution >= 0.6 is 27.5 Å². The number of likely N-dealkylation sites (N-methyl/N-ethyl adjacent to an activating group) is 1. The average molecular weight is 635 g/mol. The van der Waals surface area contributed by atoms with Gasteiger partial charge in [-0.3, -0.25) is 9.59 Å². The average Bonchev–Trinajstić information content (AvgIpc) is 2.91. The van der Waals surface area contributed by atoms with Crippen LogP contribution in [0, 0.1) is 0 Å². The number of nitrogens with one attached hydrogen (secondary N) is 1. The molecule has 39 heavy (non-hydrogen) atoms. The van der Waals surface area contributed by atoms with E-state index in [4.69, 9.17) is 11.6 Å². The Labute approximate surface area is 244 Å². The van der Waals surface area contributed by atoms with Gasteiger partial charge in [-0.1, -0.05) is 76.9 Å². The van der Waals surface area contributed by atoms with Crippen LogP contribution in [0.3, 0.4) is 0 Å². The van der Waals surface area contributed by atoms with Crippen molar-refractivity contribution < 1.29 is 18.0 Å². The molecule has 2 atom stereocenters. The molecule has 1 N–H and O–H groups in total. The highest BCUT2D eigenvalue weighted by molar-refractivity contribution is 9.10. The topological polar surface area (TPSA) is 86.8 Å². The van der Waals surface area contributed by atoms with Gasteiger partial charge in [0.05, 0.1) is 11.4 Å². The Morgan fingerprint density at radius 3 is 2.23 bits per heavy atom. The predicted octanol–water partition coefficient (Wildman–Crippen LogP) is 5.28. The summed E-state index contributed by atoms with van der Waals surface area (Å²) in [7, 11) is -2.62. The van der Waals surface area contributed by atoms with Crippen LogP contribution < -0.4 is 5.32 Å². The lowest BCUT2D eigenvalue weighted by Crippen LogP contribution is -2.54. The fraction of sp³-hybridized carbons (Fsp3) is 0.310. The number of carbonyl (C=O) groups is 2. The van der Waals surface area contributed by atoms with Gasteiger partial charge in [0.2, 0.25) is 21.8 Å². The first-order chi connectivity index (χ1) is 18.5. The minimum Gasteiger partial charge on any atom is -0.352 e. The van der Waals surface area contributed by atoms with Crippen molar-refractivity contribution in [2.24, 2.45) is 0 Å². The molecule has 0 aliphatic heterocycles. The molecule has 0 radical (unpaired) electrons. The Bertz CT molecular complexity index is 1370.